The maximum absolute atomic E-state index is 12.2. The van der Waals surface area contributed by atoms with Gasteiger partial charge in [0.15, 0.2) is 0 Å². The van der Waals surface area contributed by atoms with Crippen LogP contribution in [0, 0.1) is 0 Å². The molecule has 140 valence electrons. The molecule has 0 atom stereocenters. The Morgan fingerprint density at radius 3 is 2.78 bits per heavy atom. The van der Waals surface area contributed by atoms with Crippen LogP contribution in [0.4, 0.5) is 0 Å². The van der Waals surface area contributed by atoms with Gasteiger partial charge in [-0.05, 0) is 42.8 Å². The molecule has 1 amide bonds. The van der Waals surface area contributed by atoms with E-state index in [0.29, 0.717) is 19.0 Å². The Hall–Kier alpha value is -2.93. The Balaban J connectivity index is 1.55. The molecule has 0 radical (unpaired) electrons. The van der Waals surface area contributed by atoms with Crippen LogP contribution >= 0.6 is 11.3 Å². The quantitative estimate of drug-likeness (QED) is 0.645. The molecular weight excluding hydrogens is 362 g/mol. The van der Waals surface area contributed by atoms with Gasteiger partial charge in [0, 0.05) is 29.8 Å². The molecule has 0 fully saturated rings. The van der Waals surface area contributed by atoms with E-state index in [1.165, 1.54) is 11.3 Å². The number of nitrogens with zero attached hydrogens (tertiary/aromatic N) is 2. The van der Waals surface area contributed by atoms with Crippen molar-refractivity contribution in [3.8, 4) is 22.2 Å². The highest BCUT2D eigenvalue weighted by Gasteiger charge is 2.09. The molecule has 0 aliphatic heterocycles. The van der Waals surface area contributed by atoms with E-state index in [1.807, 2.05) is 42.6 Å². The Kier molecular flexibility index (Phi) is 6.38. The molecule has 0 aliphatic carbocycles. The second kappa shape index (κ2) is 9.14. The van der Waals surface area contributed by atoms with Crippen LogP contribution in [0.25, 0.3) is 10.6 Å². The fraction of sp³-hybridized carbons (Fsp3) is 0.250. The first kappa shape index (κ1) is 18.8. The number of hydrogen-bond donors (Lipinski definition) is 1. The van der Waals surface area contributed by atoms with Gasteiger partial charge in [-0.15, -0.1) is 11.3 Å². The van der Waals surface area contributed by atoms with Crippen molar-refractivity contribution in [1.82, 2.24) is 15.3 Å². The first-order valence-electron chi connectivity index (χ1n) is 8.61. The minimum Gasteiger partial charge on any atom is -0.494 e. The molecule has 6 nitrogen and oxygen atoms in total. The zero-order chi connectivity index (χ0) is 19.1. The molecule has 0 spiro atoms. The highest BCUT2D eigenvalue weighted by atomic mass is 32.1. The minimum absolute atomic E-state index is 0.0747. The van der Waals surface area contributed by atoms with Gasteiger partial charge in [0.25, 0.3) is 0 Å². The van der Waals surface area contributed by atoms with Crippen LogP contribution < -0.4 is 14.8 Å². The molecule has 0 saturated heterocycles. The fourth-order valence-corrected chi connectivity index (χ4v) is 3.31. The van der Waals surface area contributed by atoms with E-state index in [4.69, 9.17) is 9.47 Å². The predicted molar refractivity (Wildman–Crippen MR) is 105 cm³/mol. The lowest BCUT2D eigenvalue weighted by molar-refractivity contribution is -0.120. The average molecular weight is 383 g/mol. The van der Waals surface area contributed by atoms with Crippen LogP contribution in [-0.2, 0) is 17.8 Å². The summed E-state index contributed by atoms with van der Waals surface area (Å²) in [5, 5.41) is 5.70. The van der Waals surface area contributed by atoms with Crippen LogP contribution in [-0.4, -0.2) is 29.6 Å². The van der Waals surface area contributed by atoms with Gasteiger partial charge in [0.1, 0.15) is 10.8 Å². The largest absolute Gasteiger partial charge is 0.494 e. The standard InChI is InChI=1S/C20H21N3O3S/c1-3-26-17-6-4-15(5-7-17)20-23-16(13-27-20)11-18(24)22-12-14-8-9-21-19(10-14)25-2/h4-10,13H,3,11-12H2,1-2H3,(H,22,24). The third-order valence-electron chi connectivity index (χ3n) is 3.80. The normalized spacial score (nSPS) is 10.4. The summed E-state index contributed by atoms with van der Waals surface area (Å²) in [7, 11) is 1.56. The highest BCUT2D eigenvalue weighted by molar-refractivity contribution is 7.13. The van der Waals surface area contributed by atoms with E-state index in [1.54, 1.807) is 19.4 Å². The van der Waals surface area contributed by atoms with Crippen molar-refractivity contribution in [1.29, 1.82) is 0 Å². The third-order valence-corrected chi connectivity index (χ3v) is 4.74. The molecule has 2 aromatic heterocycles. The van der Waals surface area contributed by atoms with Gasteiger partial charge in [0.2, 0.25) is 11.8 Å². The number of rotatable bonds is 8. The van der Waals surface area contributed by atoms with E-state index in [0.717, 1.165) is 27.6 Å². The van der Waals surface area contributed by atoms with E-state index in [2.05, 4.69) is 15.3 Å². The average Bonchev–Trinajstić information content (AvgIpc) is 3.16. The van der Waals surface area contributed by atoms with Crippen molar-refractivity contribution < 1.29 is 14.3 Å². The summed E-state index contributed by atoms with van der Waals surface area (Å²) >= 11 is 1.53. The zero-order valence-corrected chi connectivity index (χ0v) is 16.1. The number of benzene rings is 1. The molecule has 0 unspecified atom stereocenters. The lowest BCUT2D eigenvalue weighted by Crippen LogP contribution is -2.24. The van der Waals surface area contributed by atoms with Crippen molar-refractivity contribution in [2.75, 3.05) is 13.7 Å². The van der Waals surface area contributed by atoms with Crippen molar-refractivity contribution in [3.63, 3.8) is 0 Å². The minimum atomic E-state index is -0.0747. The summed E-state index contributed by atoms with van der Waals surface area (Å²) in [6.45, 7) is 3.02. The zero-order valence-electron chi connectivity index (χ0n) is 15.3. The smallest absolute Gasteiger partial charge is 0.226 e. The molecule has 2 heterocycles. The Morgan fingerprint density at radius 1 is 1.22 bits per heavy atom. The summed E-state index contributed by atoms with van der Waals surface area (Å²) in [5.74, 6) is 1.29. The maximum Gasteiger partial charge on any atom is 0.226 e. The molecule has 1 aromatic carbocycles. The van der Waals surface area contributed by atoms with Crippen molar-refractivity contribution >= 4 is 17.2 Å². The van der Waals surface area contributed by atoms with Gasteiger partial charge in [0.05, 0.1) is 25.8 Å². The number of pyridine rings is 1. The van der Waals surface area contributed by atoms with Crippen LogP contribution in [0.15, 0.2) is 48.0 Å². The van der Waals surface area contributed by atoms with Gasteiger partial charge in [-0.2, -0.15) is 0 Å². The van der Waals surface area contributed by atoms with Gasteiger partial charge < -0.3 is 14.8 Å². The summed E-state index contributed by atoms with van der Waals surface area (Å²) < 4.78 is 10.5. The SMILES string of the molecule is CCOc1ccc(-c2nc(CC(=O)NCc3ccnc(OC)c3)cs2)cc1. The first-order valence-corrected chi connectivity index (χ1v) is 9.49. The molecule has 7 heteroatoms. The fourth-order valence-electron chi connectivity index (χ4n) is 2.48. The van der Waals surface area contributed by atoms with Crippen molar-refractivity contribution in [2.45, 2.75) is 19.9 Å². The molecule has 27 heavy (non-hydrogen) atoms. The number of aromatic nitrogens is 2. The van der Waals surface area contributed by atoms with E-state index >= 15 is 0 Å². The molecule has 0 bridgehead atoms. The Labute approximate surface area is 162 Å². The van der Waals surface area contributed by atoms with E-state index in [-0.39, 0.29) is 12.3 Å². The number of hydrogen-bond acceptors (Lipinski definition) is 6. The lowest BCUT2D eigenvalue weighted by atomic mass is 10.2. The number of carbonyl (C=O) groups excluding carboxylic acids is 1. The summed E-state index contributed by atoms with van der Waals surface area (Å²) in [6, 6.07) is 11.4. The summed E-state index contributed by atoms with van der Waals surface area (Å²) in [4.78, 5) is 20.8. The Morgan fingerprint density at radius 2 is 2.04 bits per heavy atom. The van der Waals surface area contributed by atoms with Crippen LogP contribution in [0.5, 0.6) is 11.6 Å². The van der Waals surface area contributed by atoms with Crippen molar-refractivity contribution in [3.05, 3.63) is 59.2 Å². The molecule has 0 saturated carbocycles. The molecule has 3 rings (SSSR count). The second-order valence-electron chi connectivity index (χ2n) is 5.76. The first-order chi connectivity index (χ1) is 13.2. The van der Waals surface area contributed by atoms with Crippen LogP contribution in [0.3, 0.4) is 0 Å². The monoisotopic (exact) mass is 383 g/mol. The number of carbonyl (C=O) groups is 1. The number of thiazole rings is 1. The molecule has 0 aliphatic rings. The van der Waals surface area contributed by atoms with Crippen LogP contribution in [0.2, 0.25) is 0 Å². The van der Waals surface area contributed by atoms with E-state index in [9.17, 15) is 4.79 Å². The van der Waals surface area contributed by atoms with Crippen molar-refractivity contribution in [2.24, 2.45) is 0 Å². The lowest BCUT2D eigenvalue weighted by Gasteiger charge is -2.05. The predicted octanol–water partition coefficient (Wildman–Crippen LogP) is 3.47. The maximum atomic E-state index is 12.2. The number of amides is 1. The second-order valence-corrected chi connectivity index (χ2v) is 6.62. The van der Waals surface area contributed by atoms with E-state index < -0.39 is 0 Å². The van der Waals surface area contributed by atoms with Gasteiger partial charge in [-0.3, -0.25) is 4.79 Å². The molecule has 3 aromatic rings. The summed E-state index contributed by atoms with van der Waals surface area (Å²) in [6.07, 6.45) is 1.90. The third kappa shape index (κ3) is 5.27. The van der Waals surface area contributed by atoms with Gasteiger partial charge in [-0.1, -0.05) is 0 Å². The Bertz CT molecular complexity index is 893. The van der Waals surface area contributed by atoms with Crippen LogP contribution in [0.1, 0.15) is 18.2 Å². The highest BCUT2D eigenvalue weighted by Crippen LogP contribution is 2.26. The van der Waals surface area contributed by atoms with Gasteiger partial charge >= 0.3 is 0 Å². The van der Waals surface area contributed by atoms with Gasteiger partial charge in [-0.25, -0.2) is 9.97 Å². The number of ether oxygens (including phenoxy) is 2. The number of nitrogens with one attached hydrogen (secondary N) is 1. The molecule has 1 N–H and O–H groups in total. The number of methoxy groups -OCH3 is 1. The topological polar surface area (TPSA) is 73.3 Å². The molecular formula is C20H21N3O3S. The summed E-state index contributed by atoms with van der Waals surface area (Å²) in [5.41, 5.74) is 2.70.